The summed E-state index contributed by atoms with van der Waals surface area (Å²) in [5.74, 6) is 1.11. The van der Waals surface area contributed by atoms with Crippen LogP contribution in [-0.2, 0) is 9.53 Å². The van der Waals surface area contributed by atoms with Crippen LogP contribution in [0.2, 0.25) is 0 Å². The molecule has 1 amide bonds. The third-order valence-electron chi connectivity index (χ3n) is 5.30. The summed E-state index contributed by atoms with van der Waals surface area (Å²) >= 11 is 0. The highest BCUT2D eigenvalue weighted by atomic mass is 16.5. The standard InChI is InChI=1S/C19H30N4O2/c1-21(2)18-10-6-9-16(20-18)17-13-23(11-12-25-17)19(24)14-22(3)15-7-4-5-8-15/h6,9-10,15,17H,4-5,7-8,11-14H2,1-3H3/t17-/m1/s1. The average molecular weight is 346 g/mol. The van der Waals surface area contributed by atoms with Gasteiger partial charge in [0, 0.05) is 26.7 Å². The minimum absolute atomic E-state index is 0.144. The lowest BCUT2D eigenvalue weighted by Gasteiger charge is -2.34. The quantitative estimate of drug-likeness (QED) is 0.815. The van der Waals surface area contributed by atoms with Crippen molar-refractivity contribution < 1.29 is 9.53 Å². The van der Waals surface area contributed by atoms with Crippen molar-refractivity contribution >= 4 is 11.7 Å². The number of nitrogens with zero attached hydrogens (tertiary/aromatic N) is 4. The van der Waals surface area contributed by atoms with Crippen LogP contribution >= 0.6 is 0 Å². The molecule has 2 aliphatic rings. The number of hydrogen-bond acceptors (Lipinski definition) is 5. The first-order valence-corrected chi connectivity index (χ1v) is 9.28. The number of carbonyl (C=O) groups excluding carboxylic acids is 1. The van der Waals surface area contributed by atoms with Crippen LogP contribution in [-0.4, -0.2) is 74.1 Å². The van der Waals surface area contributed by atoms with Crippen LogP contribution in [0.25, 0.3) is 0 Å². The number of morpholine rings is 1. The predicted octanol–water partition coefficient (Wildman–Crippen LogP) is 1.92. The third-order valence-corrected chi connectivity index (χ3v) is 5.30. The lowest BCUT2D eigenvalue weighted by molar-refractivity contribution is -0.140. The number of ether oxygens (including phenoxy) is 1. The van der Waals surface area contributed by atoms with Gasteiger partial charge < -0.3 is 14.5 Å². The summed E-state index contributed by atoms with van der Waals surface area (Å²) in [6.45, 7) is 2.32. The first-order chi connectivity index (χ1) is 12.0. The number of hydrogen-bond donors (Lipinski definition) is 0. The molecule has 6 heteroatoms. The van der Waals surface area contributed by atoms with E-state index in [-0.39, 0.29) is 12.0 Å². The maximum Gasteiger partial charge on any atom is 0.236 e. The molecule has 1 aromatic rings. The van der Waals surface area contributed by atoms with Crippen molar-refractivity contribution in [3.05, 3.63) is 23.9 Å². The Kier molecular flexibility index (Phi) is 5.91. The first-order valence-electron chi connectivity index (χ1n) is 9.28. The van der Waals surface area contributed by atoms with E-state index < -0.39 is 0 Å². The normalized spacial score (nSPS) is 21.8. The van der Waals surface area contributed by atoms with E-state index in [4.69, 9.17) is 4.74 Å². The van der Waals surface area contributed by atoms with Crippen molar-refractivity contribution in [2.45, 2.75) is 37.8 Å². The van der Waals surface area contributed by atoms with E-state index in [9.17, 15) is 4.79 Å². The van der Waals surface area contributed by atoms with Crippen LogP contribution in [0.15, 0.2) is 18.2 Å². The Morgan fingerprint density at radius 3 is 2.76 bits per heavy atom. The topological polar surface area (TPSA) is 48.9 Å². The minimum Gasteiger partial charge on any atom is -0.368 e. The van der Waals surface area contributed by atoms with Crippen LogP contribution < -0.4 is 4.90 Å². The molecule has 138 valence electrons. The van der Waals surface area contributed by atoms with Crippen LogP contribution in [0.4, 0.5) is 5.82 Å². The minimum atomic E-state index is -0.144. The van der Waals surface area contributed by atoms with Gasteiger partial charge in [-0.05, 0) is 32.0 Å². The summed E-state index contributed by atoms with van der Waals surface area (Å²) in [4.78, 5) is 23.5. The Hall–Kier alpha value is -1.66. The Labute approximate surface area is 150 Å². The fourth-order valence-electron chi connectivity index (χ4n) is 3.71. The van der Waals surface area contributed by atoms with Gasteiger partial charge in [0.25, 0.3) is 0 Å². The predicted molar refractivity (Wildman–Crippen MR) is 98.7 cm³/mol. The number of amides is 1. The summed E-state index contributed by atoms with van der Waals surface area (Å²) in [5.41, 5.74) is 0.896. The first kappa shape index (κ1) is 18.1. The number of likely N-dealkylation sites (N-methyl/N-ethyl adjacent to an activating group) is 1. The summed E-state index contributed by atoms with van der Waals surface area (Å²) in [6, 6.07) is 6.52. The number of pyridine rings is 1. The highest BCUT2D eigenvalue weighted by Crippen LogP contribution is 2.24. The second-order valence-electron chi connectivity index (χ2n) is 7.37. The fourth-order valence-corrected chi connectivity index (χ4v) is 3.71. The summed E-state index contributed by atoms with van der Waals surface area (Å²) in [5, 5.41) is 0. The largest absolute Gasteiger partial charge is 0.368 e. The van der Waals surface area contributed by atoms with Crippen LogP contribution in [0, 0.1) is 0 Å². The molecule has 6 nitrogen and oxygen atoms in total. The number of aromatic nitrogens is 1. The zero-order valence-electron chi connectivity index (χ0n) is 15.6. The number of rotatable bonds is 5. The van der Waals surface area contributed by atoms with Crippen molar-refractivity contribution in [1.29, 1.82) is 0 Å². The van der Waals surface area contributed by atoms with Gasteiger partial charge in [-0.25, -0.2) is 4.98 Å². The average Bonchev–Trinajstić information content (AvgIpc) is 3.16. The maximum absolute atomic E-state index is 12.7. The lowest BCUT2D eigenvalue weighted by Crippen LogP contribution is -2.47. The maximum atomic E-state index is 12.7. The van der Waals surface area contributed by atoms with Crippen LogP contribution in [0.3, 0.4) is 0 Å². The van der Waals surface area contributed by atoms with Crippen molar-refractivity contribution in [2.24, 2.45) is 0 Å². The SMILES string of the molecule is CN(C)c1cccc([C@H]2CN(C(=O)CN(C)C3CCCC3)CCO2)n1. The van der Waals surface area contributed by atoms with E-state index in [1.54, 1.807) is 0 Å². The molecule has 0 bridgehead atoms. The summed E-state index contributed by atoms with van der Waals surface area (Å²) in [6.07, 6.45) is 4.87. The molecule has 0 radical (unpaired) electrons. The zero-order valence-corrected chi connectivity index (χ0v) is 15.6. The Morgan fingerprint density at radius 2 is 2.04 bits per heavy atom. The van der Waals surface area contributed by atoms with Gasteiger partial charge in [-0.3, -0.25) is 9.69 Å². The second kappa shape index (κ2) is 8.15. The Balaban J connectivity index is 1.60. The van der Waals surface area contributed by atoms with E-state index >= 15 is 0 Å². The van der Waals surface area contributed by atoms with E-state index in [1.807, 2.05) is 42.1 Å². The fraction of sp³-hybridized carbons (Fsp3) is 0.684. The van der Waals surface area contributed by atoms with Gasteiger partial charge in [-0.1, -0.05) is 18.9 Å². The van der Waals surface area contributed by atoms with Crippen LogP contribution in [0.1, 0.15) is 37.5 Å². The third kappa shape index (κ3) is 4.50. The molecule has 1 atom stereocenters. The smallest absolute Gasteiger partial charge is 0.236 e. The van der Waals surface area contributed by atoms with Gasteiger partial charge in [-0.15, -0.1) is 0 Å². The molecule has 0 unspecified atom stereocenters. The molecular weight excluding hydrogens is 316 g/mol. The molecular formula is C19H30N4O2. The molecule has 1 saturated carbocycles. The zero-order chi connectivity index (χ0) is 17.8. The molecule has 2 fully saturated rings. The monoisotopic (exact) mass is 346 g/mol. The van der Waals surface area contributed by atoms with Gasteiger partial charge in [0.05, 0.1) is 25.4 Å². The number of carbonyl (C=O) groups is 1. The molecule has 1 aliphatic heterocycles. The number of anilines is 1. The second-order valence-corrected chi connectivity index (χ2v) is 7.37. The van der Waals surface area contributed by atoms with Crippen molar-refractivity contribution in [2.75, 3.05) is 52.3 Å². The molecule has 0 N–H and O–H groups in total. The van der Waals surface area contributed by atoms with Gasteiger partial charge in [0.2, 0.25) is 5.91 Å². The van der Waals surface area contributed by atoms with Crippen molar-refractivity contribution in [3.63, 3.8) is 0 Å². The summed E-state index contributed by atoms with van der Waals surface area (Å²) < 4.78 is 5.90. The van der Waals surface area contributed by atoms with E-state index in [0.29, 0.717) is 32.3 Å². The lowest BCUT2D eigenvalue weighted by atomic mass is 10.1. The summed E-state index contributed by atoms with van der Waals surface area (Å²) in [7, 11) is 6.03. The molecule has 2 heterocycles. The molecule has 0 aromatic carbocycles. The van der Waals surface area contributed by atoms with E-state index in [1.165, 1.54) is 25.7 Å². The Bertz CT molecular complexity index is 587. The molecule has 1 aromatic heterocycles. The van der Waals surface area contributed by atoms with Gasteiger partial charge in [0.15, 0.2) is 0 Å². The Morgan fingerprint density at radius 1 is 1.28 bits per heavy atom. The van der Waals surface area contributed by atoms with E-state index in [0.717, 1.165) is 11.5 Å². The molecule has 1 saturated heterocycles. The van der Waals surface area contributed by atoms with Gasteiger partial charge >= 0.3 is 0 Å². The highest BCUT2D eigenvalue weighted by Gasteiger charge is 2.28. The molecule has 3 rings (SSSR count). The van der Waals surface area contributed by atoms with Crippen molar-refractivity contribution in [1.82, 2.24) is 14.8 Å². The van der Waals surface area contributed by atoms with E-state index in [2.05, 4.69) is 16.9 Å². The van der Waals surface area contributed by atoms with Gasteiger partial charge in [-0.2, -0.15) is 0 Å². The molecule has 1 aliphatic carbocycles. The van der Waals surface area contributed by atoms with Crippen LogP contribution in [0.5, 0.6) is 0 Å². The van der Waals surface area contributed by atoms with Crippen molar-refractivity contribution in [3.8, 4) is 0 Å². The highest BCUT2D eigenvalue weighted by molar-refractivity contribution is 5.78. The van der Waals surface area contributed by atoms with Gasteiger partial charge in [0.1, 0.15) is 11.9 Å². The molecule has 25 heavy (non-hydrogen) atoms. The molecule has 0 spiro atoms.